The van der Waals surface area contributed by atoms with Gasteiger partial charge in [-0.2, -0.15) is 5.10 Å². The molecule has 1 aliphatic heterocycles. The van der Waals surface area contributed by atoms with Gasteiger partial charge in [0, 0.05) is 31.6 Å². The summed E-state index contributed by atoms with van der Waals surface area (Å²) in [5, 5.41) is 15.6. The molecule has 1 fully saturated rings. The fourth-order valence-corrected chi connectivity index (χ4v) is 4.14. The molecule has 1 unspecified atom stereocenters. The van der Waals surface area contributed by atoms with Crippen molar-refractivity contribution in [2.45, 2.75) is 24.0 Å². The van der Waals surface area contributed by atoms with Gasteiger partial charge in [0.2, 0.25) is 15.0 Å². The van der Waals surface area contributed by atoms with Crippen molar-refractivity contribution >= 4 is 33.0 Å². The fourth-order valence-electron chi connectivity index (χ4n) is 3.62. The van der Waals surface area contributed by atoms with Crippen LogP contribution in [0.1, 0.15) is 12.8 Å². The maximum absolute atomic E-state index is 11.9. The van der Waals surface area contributed by atoms with E-state index in [1.807, 2.05) is 4.90 Å². The van der Waals surface area contributed by atoms with Crippen molar-refractivity contribution in [2.24, 2.45) is 0 Å². The Morgan fingerprint density at radius 2 is 2.17 bits per heavy atom. The van der Waals surface area contributed by atoms with Gasteiger partial charge in [0.25, 0.3) is 0 Å². The summed E-state index contributed by atoms with van der Waals surface area (Å²) in [6.07, 6.45) is 4.17. The number of nitrogens with one attached hydrogen (secondary N) is 1. The van der Waals surface area contributed by atoms with Crippen molar-refractivity contribution in [1.82, 2.24) is 29.9 Å². The first-order valence-corrected chi connectivity index (χ1v) is 11.0. The lowest BCUT2D eigenvalue weighted by atomic mass is 10.1. The number of aromatic nitrogens is 5. The molecule has 30 heavy (non-hydrogen) atoms. The van der Waals surface area contributed by atoms with E-state index in [0.29, 0.717) is 30.0 Å². The smallest absolute Gasteiger partial charge is 0.404 e. The largest absolute Gasteiger partial charge is 0.465 e. The SMILES string of the molecule is CS(=O)(=O)c1nccc(-c2cc(N3CCCC(NC(=O)O)C3)c3c(N)ncnn23)n1. The van der Waals surface area contributed by atoms with Crippen LogP contribution in [0.4, 0.5) is 16.3 Å². The van der Waals surface area contributed by atoms with Gasteiger partial charge in [0.15, 0.2) is 5.82 Å². The van der Waals surface area contributed by atoms with E-state index in [4.69, 9.17) is 10.8 Å². The normalized spacial score (nSPS) is 17.2. The molecule has 3 aromatic heterocycles. The number of amides is 1. The minimum absolute atomic E-state index is 0.226. The summed E-state index contributed by atoms with van der Waals surface area (Å²) < 4.78 is 25.3. The summed E-state index contributed by atoms with van der Waals surface area (Å²) in [5.74, 6) is 0.247. The summed E-state index contributed by atoms with van der Waals surface area (Å²) >= 11 is 0. The first kappa shape index (κ1) is 19.8. The number of carboxylic acid groups (broad SMARTS) is 1. The van der Waals surface area contributed by atoms with Crippen LogP contribution in [0, 0.1) is 0 Å². The van der Waals surface area contributed by atoms with Gasteiger partial charge >= 0.3 is 6.09 Å². The van der Waals surface area contributed by atoms with Crippen LogP contribution in [0.15, 0.2) is 29.8 Å². The average molecular weight is 432 g/mol. The first-order chi connectivity index (χ1) is 14.2. The molecule has 0 aromatic carbocycles. The first-order valence-electron chi connectivity index (χ1n) is 9.14. The van der Waals surface area contributed by atoms with E-state index in [0.717, 1.165) is 24.8 Å². The number of anilines is 2. The average Bonchev–Trinajstić information content (AvgIpc) is 3.08. The van der Waals surface area contributed by atoms with E-state index < -0.39 is 15.9 Å². The molecule has 4 N–H and O–H groups in total. The van der Waals surface area contributed by atoms with Crippen molar-refractivity contribution < 1.29 is 18.3 Å². The monoisotopic (exact) mass is 432 g/mol. The highest BCUT2D eigenvalue weighted by molar-refractivity contribution is 7.90. The highest BCUT2D eigenvalue weighted by Crippen LogP contribution is 2.34. The molecule has 13 heteroatoms. The molecule has 4 rings (SSSR count). The molecule has 4 heterocycles. The Bertz CT molecular complexity index is 1230. The van der Waals surface area contributed by atoms with E-state index in [1.54, 1.807) is 16.6 Å². The number of hydrogen-bond acceptors (Lipinski definition) is 9. The Morgan fingerprint density at radius 1 is 1.37 bits per heavy atom. The fraction of sp³-hybridized carbons (Fsp3) is 0.353. The lowest BCUT2D eigenvalue weighted by Gasteiger charge is -2.33. The Balaban J connectivity index is 1.83. The number of sulfone groups is 1. The molecule has 12 nitrogen and oxygen atoms in total. The Labute approximate surface area is 171 Å². The van der Waals surface area contributed by atoms with E-state index in [9.17, 15) is 13.2 Å². The lowest BCUT2D eigenvalue weighted by molar-refractivity contribution is 0.188. The molecule has 1 saturated heterocycles. The zero-order chi connectivity index (χ0) is 21.5. The van der Waals surface area contributed by atoms with Gasteiger partial charge in [-0.15, -0.1) is 0 Å². The predicted molar refractivity (Wildman–Crippen MR) is 108 cm³/mol. The van der Waals surface area contributed by atoms with Gasteiger partial charge < -0.3 is 21.1 Å². The third-order valence-corrected chi connectivity index (χ3v) is 5.74. The highest BCUT2D eigenvalue weighted by Gasteiger charge is 2.26. The van der Waals surface area contributed by atoms with Crippen molar-refractivity contribution in [3.8, 4) is 11.4 Å². The second-order valence-corrected chi connectivity index (χ2v) is 8.96. The van der Waals surface area contributed by atoms with Crippen molar-refractivity contribution in [3.05, 3.63) is 24.7 Å². The molecular weight excluding hydrogens is 412 g/mol. The number of piperidine rings is 1. The van der Waals surface area contributed by atoms with Crippen LogP contribution < -0.4 is 16.0 Å². The zero-order valence-electron chi connectivity index (χ0n) is 16.1. The van der Waals surface area contributed by atoms with Crippen molar-refractivity contribution in [3.63, 3.8) is 0 Å². The van der Waals surface area contributed by atoms with Crippen LogP contribution in [-0.4, -0.2) is 69.6 Å². The highest BCUT2D eigenvalue weighted by atomic mass is 32.2. The molecule has 3 aromatic rings. The number of hydrogen-bond donors (Lipinski definition) is 3. The quantitative estimate of drug-likeness (QED) is 0.491. The van der Waals surface area contributed by atoms with Crippen LogP contribution in [0.5, 0.6) is 0 Å². The number of nitrogen functional groups attached to an aromatic ring is 1. The Morgan fingerprint density at radius 3 is 2.90 bits per heavy atom. The molecule has 0 aliphatic carbocycles. The minimum Gasteiger partial charge on any atom is -0.465 e. The lowest BCUT2D eigenvalue weighted by Crippen LogP contribution is -2.47. The number of rotatable bonds is 4. The number of fused-ring (bicyclic) bond motifs is 1. The van der Waals surface area contributed by atoms with Gasteiger partial charge in [-0.25, -0.2) is 32.7 Å². The summed E-state index contributed by atoms with van der Waals surface area (Å²) in [4.78, 5) is 25.1. The topological polar surface area (TPSA) is 169 Å². The summed E-state index contributed by atoms with van der Waals surface area (Å²) in [7, 11) is -3.59. The van der Waals surface area contributed by atoms with Crippen LogP contribution >= 0.6 is 0 Å². The Hall–Kier alpha value is -3.48. The van der Waals surface area contributed by atoms with Crippen LogP contribution in [0.2, 0.25) is 0 Å². The number of nitrogens with zero attached hydrogens (tertiary/aromatic N) is 6. The standard InChI is InChI=1S/C17H20N8O4S/c1-30(28,29)16-19-5-4-11(23-16)12-7-13(14-15(18)20-9-21-25(12)14)24-6-2-3-10(8-24)22-17(26)27/h4-5,7,9-10,22H,2-3,6,8H2,1H3,(H,26,27)(H2,18,20,21). The minimum atomic E-state index is -3.59. The third kappa shape index (κ3) is 3.70. The molecule has 0 bridgehead atoms. The zero-order valence-corrected chi connectivity index (χ0v) is 16.9. The van der Waals surface area contributed by atoms with Gasteiger partial charge in [-0.1, -0.05) is 0 Å². The van der Waals surface area contributed by atoms with Crippen molar-refractivity contribution in [2.75, 3.05) is 30.0 Å². The van der Waals surface area contributed by atoms with Gasteiger partial charge in [0.05, 0.1) is 17.1 Å². The molecule has 0 saturated carbocycles. The maximum Gasteiger partial charge on any atom is 0.404 e. The van der Waals surface area contributed by atoms with E-state index in [2.05, 4.69) is 25.4 Å². The van der Waals surface area contributed by atoms with Crippen molar-refractivity contribution in [1.29, 1.82) is 0 Å². The van der Waals surface area contributed by atoms with E-state index in [1.165, 1.54) is 12.5 Å². The van der Waals surface area contributed by atoms with Gasteiger partial charge in [0.1, 0.15) is 11.8 Å². The van der Waals surface area contributed by atoms with Crippen LogP contribution in [0.25, 0.3) is 16.9 Å². The summed E-state index contributed by atoms with van der Waals surface area (Å²) in [6.45, 7) is 1.15. The summed E-state index contributed by atoms with van der Waals surface area (Å²) in [6, 6.07) is 3.16. The molecule has 0 spiro atoms. The van der Waals surface area contributed by atoms with E-state index in [-0.39, 0.29) is 17.0 Å². The second kappa shape index (κ2) is 7.40. The maximum atomic E-state index is 11.9. The summed E-state index contributed by atoms with van der Waals surface area (Å²) in [5.41, 5.74) is 8.28. The molecule has 1 atom stereocenters. The van der Waals surface area contributed by atoms with Crippen LogP contribution in [0.3, 0.4) is 0 Å². The molecule has 1 amide bonds. The second-order valence-electron chi connectivity index (χ2n) is 7.05. The molecule has 158 valence electrons. The van der Waals surface area contributed by atoms with Gasteiger partial charge in [-0.05, 0) is 25.0 Å². The molecular formula is C17H20N8O4S. The van der Waals surface area contributed by atoms with Gasteiger partial charge in [-0.3, -0.25) is 0 Å². The number of nitrogens with two attached hydrogens (primary N) is 1. The molecule has 0 radical (unpaired) electrons. The van der Waals surface area contributed by atoms with Crippen LogP contribution in [-0.2, 0) is 9.84 Å². The Kier molecular flexibility index (Phi) is 4.89. The number of carbonyl (C=O) groups is 1. The predicted octanol–water partition coefficient (Wildman–Crippen LogP) is 0.408. The van der Waals surface area contributed by atoms with E-state index >= 15 is 0 Å². The third-order valence-electron chi connectivity index (χ3n) is 4.88. The molecule has 1 aliphatic rings.